The Morgan fingerprint density at radius 1 is 1.04 bits per heavy atom. The van der Waals surface area contributed by atoms with Crippen molar-refractivity contribution in [3.63, 3.8) is 0 Å². The molecular formula is C18H18ClN5O. The fourth-order valence-corrected chi connectivity index (χ4v) is 3.10. The Hall–Kier alpha value is -2.44. The normalized spacial score (nSPS) is 15.5. The van der Waals surface area contributed by atoms with Crippen LogP contribution >= 0.6 is 11.6 Å². The summed E-state index contributed by atoms with van der Waals surface area (Å²) in [6, 6.07) is 14.0. The van der Waals surface area contributed by atoms with Crippen LogP contribution in [0.15, 0.2) is 53.2 Å². The average Bonchev–Trinajstić information content (AvgIpc) is 3.13. The van der Waals surface area contributed by atoms with Gasteiger partial charge in [-0.15, -0.1) is 0 Å². The van der Waals surface area contributed by atoms with Gasteiger partial charge >= 0.3 is 6.01 Å². The lowest BCUT2D eigenvalue weighted by atomic mass is 10.2. The summed E-state index contributed by atoms with van der Waals surface area (Å²) in [5.41, 5.74) is 1.95. The molecule has 0 bridgehead atoms. The van der Waals surface area contributed by atoms with Crippen molar-refractivity contribution in [1.29, 1.82) is 0 Å². The number of aromatic nitrogens is 3. The Balaban J connectivity index is 1.38. The van der Waals surface area contributed by atoms with E-state index >= 15 is 0 Å². The molecule has 0 N–H and O–H groups in total. The smallest absolute Gasteiger partial charge is 0.322 e. The van der Waals surface area contributed by atoms with E-state index in [1.807, 2.05) is 42.6 Å². The Bertz CT molecular complexity index is 830. The molecule has 0 amide bonds. The third-order valence-corrected chi connectivity index (χ3v) is 4.49. The first-order valence-corrected chi connectivity index (χ1v) is 8.62. The van der Waals surface area contributed by atoms with Crippen molar-refractivity contribution in [2.75, 3.05) is 31.1 Å². The van der Waals surface area contributed by atoms with Crippen molar-refractivity contribution in [3.8, 4) is 11.4 Å². The van der Waals surface area contributed by atoms with Gasteiger partial charge in [0.15, 0.2) is 0 Å². The summed E-state index contributed by atoms with van der Waals surface area (Å²) in [7, 11) is 0. The van der Waals surface area contributed by atoms with Gasteiger partial charge in [0, 0.05) is 49.5 Å². The van der Waals surface area contributed by atoms with Gasteiger partial charge in [-0.2, -0.15) is 4.98 Å². The Morgan fingerprint density at radius 3 is 2.68 bits per heavy atom. The minimum absolute atomic E-state index is 0.562. The molecule has 128 valence electrons. The van der Waals surface area contributed by atoms with Crippen molar-refractivity contribution < 1.29 is 4.52 Å². The Morgan fingerprint density at radius 2 is 1.92 bits per heavy atom. The molecule has 0 saturated carbocycles. The number of hydrogen-bond donors (Lipinski definition) is 0. The number of nitrogens with zero attached hydrogens (tertiary/aromatic N) is 5. The molecule has 0 aliphatic carbocycles. The number of halogens is 1. The highest BCUT2D eigenvalue weighted by molar-refractivity contribution is 6.30. The number of piperazine rings is 1. The Kier molecular flexibility index (Phi) is 4.63. The molecule has 1 aliphatic rings. The van der Waals surface area contributed by atoms with Crippen LogP contribution in [-0.2, 0) is 6.54 Å². The second-order valence-corrected chi connectivity index (χ2v) is 6.43. The average molecular weight is 356 g/mol. The number of anilines is 1. The molecule has 0 radical (unpaired) electrons. The van der Waals surface area contributed by atoms with Crippen LogP contribution in [0.25, 0.3) is 11.4 Å². The zero-order chi connectivity index (χ0) is 17.1. The standard InChI is InChI=1S/C18H18ClN5O/c19-15-5-3-4-14(12-15)17-21-18(25-22-17)24-10-8-23(9-11-24)13-16-6-1-2-7-20-16/h1-7,12H,8-11,13H2. The van der Waals surface area contributed by atoms with Gasteiger partial charge in [0.2, 0.25) is 5.82 Å². The van der Waals surface area contributed by atoms with E-state index in [2.05, 4.69) is 31.0 Å². The molecule has 7 heteroatoms. The van der Waals surface area contributed by atoms with E-state index in [9.17, 15) is 0 Å². The van der Waals surface area contributed by atoms with E-state index in [-0.39, 0.29) is 0 Å². The van der Waals surface area contributed by atoms with Crippen LogP contribution < -0.4 is 4.90 Å². The lowest BCUT2D eigenvalue weighted by Gasteiger charge is -2.33. The van der Waals surface area contributed by atoms with Crippen molar-refractivity contribution in [2.24, 2.45) is 0 Å². The molecule has 2 aromatic heterocycles. The first-order valence-electron chi connectivity index (χ1n) is 8.25. The monoisotopic (exact) mass is 355 g/mol. The molecule has 0 unspecified atom stereocenters. The molecule has 4 rings (SSSR count). The second kappa shape index (κ2) is 7.21. The molecule has 1 saturated heterocycles. The van der Waals surface area contributed by atoms with Gasteiger partial charge in [-0.1, -0.05) is 35.0 Å². The van der Waals surface area contributed by atoms with E-state index in [1.54, 1.807) is 0 Å². The SMILES string of the molecule is Clc1cccc(-c2noc(N3CCN(Cc4ccccn4)CC3)n2)c1. The van der Waals surface area contributed by atoms with Crippen molar-refractivity contribution in [1.82, 2.24) is 20.0 Å². The van der Waals surface area contributed by atoms with Gasteiger partial charge in [0.1, 0.15) is 0 Å². The summed E-state index contributed by atoms with van der Waals surface area (Å²) in [4.78, 5) is 13.4. The quantitative estimate of drug-likeness (QED) is 0.716. The summed E-state index contributed by atoms with van der Waals surface area (Å²) in [6.07, 6.45) is 1.83. The van der Waals surface area contributed by atoms with Gasteiger partial charge in [-0.25, -0.2) is 0 Å². The first kappa shape index (κ1) is 16.1. The third-order valence-electron chi connectivity index (χ3n) is 4.25. The summed E-state index contributed by atoms with van der Waals surface area (Å²) in [5.74, 6) is 0.563. The fraction of sp³-hybridized carbons (Fsp3) is 0.278. The fourth-order valence-electron chi connectivity index (χ4n) is 2.91. The first-order chi connectivity index (χ1) is 12.3. The van der Waals surface area contributed by atoms with Crippen LogP contribution in [0.5, 0.6) is 0 Å². The molecule has 0 spiro atoms. The van der Waals surface area contributed by atoms with E-state index in [4.69, 9.17) is 16.1 Å². The van der Waals surface area contributed by atoms with Crippen LogP contribution in [-0.4, -0.2) is 46.2 Å². The predicted octanol–water partition coefficient (Wildman–Crippen LogP) is 3.11. The van der Waals surface area contributed by atoms with E-state index in [0.717, 1.165) is 44.0 Å². The summed E-state index contributed by atoms with van der Waals surface area (Å²) < 4.78 is 5.44. The molecule has 3 aromatic rings. The minimum Gasteiger partial charge on any atom is -0.322 e. The molecule has 1 aliphatic heterocycles. The molecule has 1 fully saturated rings. The topological polar surface area (TPSA) is 58.3 Å². The van der Waals surface area contributed by atoms with Crippen LogP contribution in [0.1, 0.15) is 5.69 Å². The number of hydrogen-bond acceptors (Lipinski definition) is 6. The molecule has 25 heavy (non-hydrogen) atoms. The van der Waals surface area contributed by atoms with E-state index in [1.165, 1.54) is 0 Å². The third kappa shape index (κ3) is 3.81. The van der Waals surface area contributed by atoms with Crippen LogP contribution in [0, 0.1) is 0 Å². The highest BCUT2D eigenvalue weighted by Crippen LogP contribution is 2.23. The van der Waals surface area contributed by atoms with E-state index < -0.39 is 0 Å². The summed E-state index contributed by atoms with van der Waals surface area (Å²) in [6.45, 7) is 4.44. The summed E-state index contributed by atoms with van der Waals surface area (Å²) in [5, 5.41) is 4.74. The largest absolute Gasteiger partial charge is 0.324 e. The second-order valence-electron chi connectivity index (χ2n) is 6.00. The summed E-state index contributed by atoms with van der Waals surface area (Å²) >= 11 is 6.03. The maximum absolute atomic E-state index is 6.03. The lowest BCUT2D eigenvalue weighted by molar-refractivity contribution is 0.240. The maximum atomic E-state index is 6.03. The van der Waals surface area contributed by atoms with E-state index in [0.29, 0.717) is 16.9 Å². The maximum Gasteiger partial charge on any atom is 0.324 e. The number of pyridine rings is 1. The van der Waals surface area contributed by atoms with Gasteiger partial charge in [0.25, 0.3) is 0 Å². The zero-order valence-electron chi connectivity index (χ0n) is 13.7. The highest BCUT2D eigenvalue weighted by atomic mass is 35.5. The van der Waals surface area contributed by atoms with Gasteiger partial charge in [0.05, 0.1) is 5.69 Å². The molecular weight excluding hydrogens is 338 g/mol. The lowest BCUT2D eigenvalue weighted by Crippen LogP contribution is -2.46. The van der Waals surface area contributed by atoms with Crippen molar-refractivity contribution in [2.45, 2.75) is 6.54 Å². The highest BCUT2D eigenvalue weighted by Gasteiger charge is 2.22. The van der Waals surface area contributed by atoms with Crippen LogP contribution in [0.3, 0.4) is 0 Å². The van der Waals surface area contributed by atoms with Crippen LogP contribution in [0.4, 0.5) is 6.01 Å². The Labute approximate surface area is 151 Å². The van der Waals surface area contributed by atoms with Crippen molar-refractivity contribution >= 4 is 17.6 Å². The number of benzene rings is 1. The molecule has 6 nitrogen and oxygen atoms in total. The molecule has 1 aromatic carbocycles. The zero-order valence-corrected chi connectivity index (χ0v) is 14.4. The predicted molar refractivity (Wildman–Crippen MR) is 96.5 cm³/mol. The van der Waals surface area contributed by atoms with Gasteiger partial charge in [-0.05, 0) is 24.3 Å². The van der Waals surface area contributed by atoms with Crippen LogP contribution in [0.2, 0.25) is 5.02 Å². The number of rotatable bonds is 4. The minimum atomic E-state index is 0.562. The van der Waals surface area contributed by atoms with Gasteiger partial charge < -0.3 is 9.42 Å². The molecule has 3 heterocycles. The molecule has 0 atom stereocenters. The van der Waals surface area contributed by atoms with Gasteiger partial charge in [-0.3, -0.25) is 9.88 Å². The van der Waals surface area contributed by atoms with Crippen molar-refractivity contribution in [3.05, 3.63) is 59.4 Å².